The van der Waals surface area contributed by atoms with E-state index in [2.05, 4.69) is 10.0 Å². The molecule has 0 aliphatic carbocycles. The molecule has 0 fully saturated rings. The molecule has 0 saturated heterocycles. The molecule has 1 aromatic heterocycles. The zero-order valence-electron chi connectivity index (χ0n) is 12.4. The lowest BCUT2D eigenvalue weighted by Crippen LogP contribution is -2.17. The lowest BCUT2D eigenvalue weighted by Gasteiger charge is -2.12. The molecule has 0 atom stereocenters. The summed E-state index contributed by atoms with van der Waals surface area (Å²) in [6.07, 6.45) is 0. The van der Waals surface area contributed by atoms with E-state index < -0.39 is 10.0 Å². The van der Waals surface area contributed by atoms with Crippen molar-refractivity contribution in [3.05, 3.63) is 45.6 Å². The zero-order valence-corrected chi connectivity index (χ0v) is 14.1. The van der Waals surface area contributed by atoms with Crippen LogP contribution in [0.2, 0.25) is 0 Å². The van der Waals surface area contributed by atoms with E-state index in [0.29, 0.717) is 17.1 Å². The molecular formula is C15H20N2O2S2. The van der Waals surface area contributed by atoms with E-state index in [1.165, 1.54) is 11.3 Å². The summed E-state index contributed by atoms with van der Waals surface area (Å²) in [6.45, 7) is 7.25. The van der Waals surface area contributed by atoms with Crippen molar-refractivity contribution in [1.29, 1.82) is 0 Å². The predicted octanol–water partition coefficient (Wildman–Crippen LogP) is 3.28. The van der Waals surface area contributed by atoms with Crippen molar-refractivity contribution < 1.29 is 8.42 Å². The van der Waals surface area contributed by atoms with Crippen LogP contribution in [0.4, 0.5) is 5.69 Å². The van der Waals surface area contributed by atoms with Crippen LogP contribution in [-0.2, 0) is 16.6 Å². The van der Waals surface area contributed by atoms with Gasteiger partial charge in [0.15, 0.2) is 0 Å². The third kappa shape index (κ3) is 3.64. The molecule has 21 heavy (non-hydrogen) atoms. The molecule has 114 valence electrons. The Hall–Kier alpha value is -1.37. The normalized spacial score (nSPS) is 11.6. The van der Waals surface area contributed by atoms with Crippen LogP contribution in [0.25, 0.3) is 0 Å². The molecule has 0 radical (unpaired) electrons. The lowest BCUT2D eigenvalue weighted by atomic mass is 10.1. The highest BCUT2D eigenvalue weighted by molar-refractivity contribution is 7.93. The largest absolute Gasteiger partial charge is 0.312 e. The number of aryl methyl sites for hydroxylation is 1. The van der Waals surface area contributed by atoms with Crippen molar-refractivity contribution in [3.63, 3.8) is 0 Å². The van der Waals surface area contributed by atoms with Crippen LogP contribution in [0.5, 0.6) is 0 Å². The van der Waals surface area contributed by atoms with E-state index in [-0.39, 0.29) is 0 Å². The van der Waals surface area contributed by atoms with Crippen LogP contribution in [0.3, 0.4) is 0 Å². The molecule has 2 N–H and O–H groups in total. The highest BCUT2D eigenvalue weighted by atomic mass is 32.2. The minimum Gasteiger partial charge on any atom is -0.312 e. The minimum absolute atomic E-state index is 0.356. The van der Waals surface area contributed by atoms with Gasteiger partial charge >= 0.3 is 0 Å². The smallest absolute Gasteiger partial charge is 0.263 e. The first-order valence-corrected chi connectivity index (χ1v) is 9.18. The average molecular weight is 324 g/mol. The van der Waals surface area contributed by atoms with Gasteiger partial charge < -0.3 is 5.32 Å². The number of hydrogen-bond acceptors (Lipinski definition) is 4. The molecule has 0 amide bonds. The summed E-state index contributed by atoms with van der Waals surface area (Å²) in [6, 6.07) is 7.27. The maximum absolute atomic E-state index is 12.6. The Bertz CT molecular complexity index is 721. The summed E-state index contributed by atoms with van der Waals surface area (Å²) in [5.41, 5.74) is 2.65. The SMILES string of the molecule is CCNCc1sccc1S(=O)(=O)Nc1cccc(C)c1C. The summed E-state index contributed by atoms with van der Waals surface area (Å²) in [5.74, 6) is 0. The van der Waals surface area contributed by atoms with Gasteiger partial charge in [-0.15, -0.1) is 11.3 Å². The van der Waals surface area contributed by atoms with E-state index in [1.54, 1.807) is 12.1 Å². The molecule has 0 bridgehead atoms. The Kier molecular flexibility index (Phi) is 5.03. The summed E-state index contributed by atoms with van der Waals surface area (Å²) in [5, 5.41) is 4.98. The van der Waals surface area contributed by atoms with E-state index in [0.717, 1.165) is 22.5 Å². The third-order valence-corrected chi connectivity index (χ3v) is 5.88. The van der Waals surface area contributed by atoms with Gasteiger partial charge in [0.05, 0.1) is 5.69 Å². The van der Waals surface area contributed by atoms with Gasteiger partial charge in [0.2, 0.25) is 0 Å². The van der Waals surface area contributed by atoms with Gasteiger partial charge in [0.25, 0.3) is 10.0 Å². The summed E-state index contributed by atoms with van der Waals surface area (Å²) in [7, 11) is -3.55. The quantitative estimate of drug-likeness (QED) is 0.857. The number of nitrogens with one attached hydrogen (secondary N) is 2. The zero-order chi connectivity index (χ0) is 15.5. The number of hydrogen-bond donors (Lipinski definition) is 2. The summed E-state index contributed by atoms with van der Waals surface area (Å²) < 4.78 is 27.9. The van der Waals surface area contributed by atoms with Crippen LogP contribution in [0, 0.1) is 13.8 Å². The first-order valence-electron chi connectivity index (χ1n) is 6.82. The van der Waals surface area contributed by atoms with Gasteiger partial charge in [0.1, 0.15) is 4.90 Å². The first-order chi connectivity index (χ1) is 9.95. The molecule has 0 aliphatic rings. The van der Waals surface area contributed by atoms with E-state index in [9.17, 15) is 8.42 Å². The summed E-state index contributed by atoms with van der Waals surface area (Å²) in [4.78, 5) is 1.18. The molecule has 1 aromatic carbocycles. The van der Waals surface area contributed by atoms with Gasteiger partial charge in [-0.25, -0.2) is 8.42 Å². The molecule has 0 saturated carbocycles. The van der Waals surface area contributed by atoms with Crippen molar-refractivity contribution in [2.24, 2.45) is 0 Å². The van der Waals surface area contributed by atoms with Gasteiger partial charge in [-0.2, -0.15) is 0 Å². The highest BCUT2D eigenvalue weighted by Crippen LogP contribution is 2.26. The topological polar surface area (TPSA) is 58.2 Å². The maximum Gasteiger partial charge on any atom is 0.263 e. The second-order valence-electron chi connectivity index (χ2n) is 4.84. The van der Waals surface area contributed by atoms with Crippen LogP contribution in [0.15, 0.2) is 34.5 Å². The molecular weight excluding hydrogens is 304 g/mol. The molecule has 1 heterocycles. The Morgan fingerprint density at radius 3 is 2.67 bits per heavy atom. The van der Waals surface area contributed by atoms with Gasteiger partial charge in [-0.05, 0) is 49.0 Å². The Morgan fingerprint density at radius 1 is 1.19 bits per heavy atom. The fourth-order valence-corrected chi connectivity index (χ4v) is 4.53. The first kappa shape index (κ1) is 16.0. The van der Waals surface area contributed by atoms with Gasteiger partial charge in [0, 0.05) is 11.4 Å². The van der Waals surface area contributed by atoms with Crippen molar-refractivity contribution in [2.45, 2.75) is 32.2 Å². The second-order valence-corrected chi connectivity index (χ2v) is 7.49. The predicted molar refractivity (Wildman–Crippen MR) is 88.4 cm³/mol. The maximum atomic E-state index is 12.6. The van der Waals surface area contributed by atoms with Crippen LogP contribution < -0.4 is 10.0 Å². The minimum atomic E-state index is -3.55. The standard InChI is InChI=1S/C15H20N2O2S2/c1-4-16-10-14-15(8-9-20-14)21(18,19)17-13-7-5-6-11(2)12(13)3/h5-9,16-17H,4,10H2,1-3H3. The molecule has 4 nitrogen and oxygen atoms in total. The Morgan fingerprint density at radius 2 is 1.95 bits per heavy atom. The Labute approximate surface area is 130 Å². The molecule has 2 rings (SSSR count). The monoisotopic (exact) mass is 324 g/mol. The number of rotatable bonds is 6. The molecule has 6 heteroatoms. The van der Waals surface area contributed by atoms with E-state index in [4.69, 9.17) is 0 Å². The number of anilines is 1. The van der Waals surface area contributed by atoms with E-state index >= 15 is 0 Å². The van der Waals surface area contributed by atoms with Crippen molar-refractivity contribution in [2.75, 3.05) is 11.3 Å². The number of benzene rings is 1. The third-order valence-electron chi connectivity index (χ3n) is 3.38. The lowest BCUT2D eigenvalue weighted by molar-refractivity contribution is 0.599. The van der Waals surface area contributed by atoms with Crippen molar-refractivity contribution in [3.8, 4) is 0 Å². The average Bonchev–Trinajstić information content (AvgIpc) is 2.91. The van der Waals surface area contributed by atoms with Crippen molar-refractivity contribution in [1.82, 2.24) is 5.32 Å². The van der Waals surface area contributed by atoms with E-state index in [1.807, 2.05) is 38.3 Å². The van der Waals surface area contributed by atoms with Crippen LogP contribution >= 0.6 is 11.3 Å². The molecule has 2 aromatic rings. The van der Waals surface area contributed by atoms with Crippen LogP contribution in [0.1, 0.15) is 22.9 Å². The number of thiophene rings is 1. The number of sulfonamides is 1. The fourth-order valence-electron chi connectivity index (χ4n) is 2.00. The van der Waals surface area contributed by atoms with Crippen molar-refractivity contribution >= 4 is 27.0 Å². The van der Waals surface area contributed by atoms with Gasteiger partial charge in [-0.3, -0.25) is 4.72 Å². The van der Waals surface area contributed by atoms with Crippen LogP contribution in [-0.4, -0.2) is 15.0 Å². The fraction of sp³-hybridized carbons (Fsp3) is 0.333. The van der Waals surface area contributed by atoms with Gasteiger partial charge in [-0.1, -0.05) is 19.1 Å². The molecule has 0 spiro atoms. The highest BCUT2D eigenvalue weighted by Gasteiger charge is 2.20. The second kappa shape index (κ2) is 6.60. The molecule has 0 aliphatic heterocycles. The summed E-state index contributed by atoms with van der Waals surface area (Å²) >= 11 is 1.45. The Balaban J connectivity index is 2.30. The molecule has 0 unspecified atom stereocenters.